The van der Waals surface area contributed by atoms with Crippen LogP contribution in [0.4, 0.5) is 8.78 Å². The fourth-order valence-corrected chi connectivity index (χ4v) is 1.56. The van der Waals surface area contributed by atoms with Crippen LogP contribution in [0.15, 0.2) is 24.3 Å². The molecule has 2 rings (SSSR count). The topological polar surface area (TPSA) is 20.2 Å². The summed E-state index contributed by atoms with van der Waals surface area (Å²) in [6.45, 7) is 0. The average Bonchev–Trinajstić information content (AvgIpc) is 3.00. The molecule has 1 unspecified atom stereocenters. The predicted octanol–water partition coefficient (Wildman–Crippen LogP) is 2.86. The SMILES string of the molecule is OC(c1cccc(C2CC2)c1)C(F)F. The highest BCUT2D eigenvalue weighted by Gasteiger charge is 2.25. The van der Waals surface area contributed by atoms with Gasteiger partial charge in [0, 0.05) is 0 Å². The van der Waals surface area contributed by atoms with E-state index in [0.29, 0.717) is 11.5 Å². The first-order valence-corrected chi connectivity index (χ1v) is 4.74. The van der Waals surface area contributed by atoms with Crippen LogP contribution >= 0.6 is 0 Å². The second kappa shape index (κ2) is 3.65. The molecule has 3 heteroatoms. The molecule has 1 nitrogen and oxygen atoms in total. The summed E-state index contributed by atoms with van der Waals surface area (Å²) in [5.74, 6) is 0.528. The van der Waals surface area contributed by atoms with E-state index in [1.807, 2.05) is 6.07 Å². The highest BCUT2D eigenvalue weighted by Crippen LogP contribution is 2.40. The van der Waals surface area contributed by atoms with Crippen LogP contribution in [0.5, 0.6) is 0 Å². The van der Waals surface area contributed by atoms with Gasteiger partial charge in [0.05, 0.1) is 0 Å². The Morgan fingerprint density at radius 1 is 1.29 bits per heavy atom. The third-order valence-electron chi connectivity index (χ3n) is 2.54. The zero-order chi connectivity index (χ0) is 10.1. The molecule has 0 spiro atoms. The molecule has 14 heavy (non-hydrogen) atoms. The summed E-state index contributed by atoms with van der Waals surface area (Å²) in [4.78, 5) is 0. The lowest BCUT2D eigenvalue weighted by molar-refractivity contribution is -0.00581. The number of alkyl halides is 2. The zero-order valence-electron chi connectivity index (χ0n) is 7.66. The highest BCUT2D eigenvalue weighted by molar-refractivity contribution is 5.30. The molecule has 1 aliphatic rings. The minimum Gasteiger partial charge on any atom is -0.382 e. The number of halogens is 2. The maximum absolute atomic E-state index is 12.2. The predicted molar refractivity (Wildman–Crippen MR) is 49.4 cm³/mol. The summed E-state index contributed by atoms with van der Waals surface area (Å²) in [5.41, 5.74) is 1.40. The first-order chi connectivity index (χ1) is 6.68. The number of aliphatic hydroxyl groups excluding tert-OH is 1. The molecular weight excluding hydrogens is 186 g/mol. The molecule has 0 saturated heterocycles. The third kappa shape index (κ3) is 1.93. The van der Waals surface area contributed by atoms with E-state index < -0.39 is 12.5 Å². The van der Waals surface area contributed by atoms with Gasteiger partial charge in [-0.05, 0) is 29.9 Å². The van der Waals surface area contributed by atoms with Crippen molar-refractivity contribution in [1.29, 1.82) is 0 Å². The average molecular weight is 198 g/mol. The van der Waals surface area contributed by atoms with Crippen molar-refractivity contribution in [3.63, 3.8) is 0 Å². The number of hydrogen-bond donors (Lipinski definition) is 1. The van der Waals surface area contributed by atoms with Gasteiger partial charge in [-0.2, -0.15) is 0 Å². The summed E-state index contributed by atoms with van der Waals surface area (Å²) in [7, 11) is 0. The van der Waals surface area contributed by atoms with Gasteiger partial charge in [-0.15, -0.1) is 0 Å². The molecule has 76 valence electrons. The van der Waals surface area contributed by atoms with Crippen LogP contribution < -0.4 is 0 Å². The Balaban J connectivity index is 2.20. The Hall–Kier alpha value is -0.960. The minimum atomic E-state index is -2.70. The molecule has 0 aliphatic heterocycles. The molecule has 1 aromatic carbocycles. The molecule has 0 amide bonds. The molecule has 1 saturated carbocycles. The molecule has 0 aromatic heterocycles. The first kappa shape index (κ1) is 9.59. The van der Waals surface area contributed by atoms with Gasteiger partial charge in [0.1, 0.15) is 6.10 Å². The van der Waals surface area contributed by atoms with Gasteiger partial charge in [0.2, 0.25) is 0 Å². The standard InChI is InChI=1S/C11H12F2O/c12-11(13)10(14)9-3-1-2-8(6-9)7-4-5-7/h1-3,6-7,10-11,14H,4-5H2. The minimum absolute atomic E-state index is 0.324. The first-order valence-electron chi connectivity index (χ1n) is 4.74. The smallest absolute Gasteiger partial charge is 0.268 e. The monoisotopic (exact) mass is 198 g/mol. The summed E-state index contributed by atoms with van der Waals surface area (Å²) in [5, 5.41) is 9.17. The molecule has 0 bridgehead atoms. The summed E-state index contributed by atoms with van der Waals surface area (Å²) < 4.78 is 24.4. The zero-order valence-corrected chi connectivity index (χ0v) is 7.66. The molecule has 1 aromatic rings. The van der Waals surface area contributed by atoms with Gasteiger partial charge in [0.15, 0.2) is 0 Å². The van der Waals surface area contributed by atoms with Crippen molar-refractivity contribution in [3.05, 3.63) is 35.4 Å². The van der Waals surface area contributed by atoms with Crippen molar-refractivity contribution in [3.8, 4) is 0 Å². The van der Waals surface area contributed by atoms with Crippen LogP contribution in [0, 0.1) is 0 Å². The van der Waals surface area contributed by atoms with Crippen molar-refractivity contribution in [2.24, 2.45) is 0 Å². The van der Waals surface area contributed by atoms with Crippen molar-refractivity contribution < 1.29 is 13.9 Å². The van der Waals surface area contributed by atoms with E-state index in [1.165, 1.54) is 0 Å². The van der Waals surface area contributed by atoms with Crippen LogP contribution in [0.1, 0.15) is 36.0 Å². The third-order valence-corrected chi connectivity index (χ3v) is 2.54. The molecule has 1 atom stereocenters. The molecule has 1 aliphatic carbocycles. The van der Waals surface area contributed by atoms with Crippen LogP contribution in [0.2, 0.25) is 0 Å². The Labute approximate surface area is 81.4 Å². The van der Waals surface area contributed by atoms with E-state index in [0.717, 1.165) is 18.4 Å². The van der Waals surface area contributed by atoms with Gasteiger partial charge >= 0.3 is 0 Å². The Kier molecular flexibility index (Phi) is 2.50. The van der Waals surface area contributed by atoms with Crippen LogP contribution in [0.3, 0.4) is 0 Å². The fraction of sp³-hybridized carbons (Fsp3) is 0.455. The number of benzene rings is 1. The summed E-state index contributed by atoms with van der Waals surface area (Å²) in [6.07, 6.45) is -2.08. The number of rotatable bonds is 3. The Bertz CT molecular complexity index is 321. The molecule has 0 heterocycles. The van der Waals surface area contributed by atoms with Crippen molar-refractivity contribution in [2.75, 3.05) is 0 Å². The maximum atomic E-state index is 12.2. The van der Waals surface area contributed by atoms with Crippen LogP contribution in [-0.4, -0.2) is 11.5 Å². The Morgan fingerprint density at radius 3 is 2.57 bits per heavy atom. The molecule has 0 radical (unpaired) electrons. The molecule has 1 fully saturated rings. The summed E-state index contributed by atoms with van der Waals surface area (Å²) in [6, 6.07) is 6.89. The van der Waals surface area contributed by atoms with E-state index in [9.17, 15) is 13.9 Å². The van der Waals surface area contributed by atoms with E-state index >= 15 is 0 Å². The van der Waals surface area contributed by atoms with Gasteiger partial charge in [-0.3, -0.25) is 0 Å². The van der Waals surface area contributed by atoms with Gasteiger partial charge in [-0.1, -0.05) is 24.3 Å². The number of aliphatic hydroxyl groups is 1. The lowest BCUT2D eigenvalue weighted by Gasteiger charge is -2.10. The number of hydrogen-bond acceptors (Lipinski definition) is 1. The van der Waals surface area contributed by atoms with Crippen molar-refractivity contribution in [2.45, 2.75) is 31.3 Å². The van der Waals surface area contributed by atoms with Gasteiger partial charge in [-0.25, -0.2) is 8.78 Å². The lowest BCUT2D eigenvalue weighted by atomic mass is 10.0. The fourth-order valence-electron chi connectivity index (χ4n) is 1.56. The van der Waals surface area contributed by atoms with E-state index in [1.54, 1.807) is 18.2 Å². The second-order valence-electron chi connectivity index (χ2n) is 3.72. The van der Waals surface area contributed by atoms with Gasteiger partial charge < -0.3 is 5.11 Å². The van der Waals surface area contributed by atoms with E-state index in [4.69, 9.17) is 0 Å². The largest absolute Gasteiger partial charge is 0.382 e. The molecule has 1 N–H and O–H groups in total. The normalized spacial score (nSPS) is 18.6. The Morgan fingerprint density at radius 2 is 2.00 bits per heavy atom. The van der Waals surface area contributed by atoms with E-state index in [2.05, 4.69) is 0 Å². The van der Waals surface area contributed by atoms with E-state index in [-0.39, 0.29) is 0 Å². The maximum Gasteiger partial charge on any atom is 0.268 e. The van der Waals surface area contributed by atoms with Crippen molar-refractivity contribution in [1.82, 2.24) is 0 Å². The van der Waals surface area contributed by atoms with Gasteiger partial charge in [0.25, 0.3) is 6.43 Å². The lowest BCUT2D eigenvalue weighted by Crippen LogP contribution is -2.07. The molecular formula is C11H12F2O. The second-order valence-corrected chi connectivity index (χ2v) is 3.72. The van der Waals surface area contributed by atoms with Crippen molar-refractivity contribution >= 4 is 0 Å². The van der Waals surface area contributed by atoms with Crippen LogP contribution in [-0.2, 0) is 0 Å². The quantitative estimate of drug-likeness (QED) is 0.791. The van der Waals surface area contributed by atoms with Crippen LogP contribution in [0.25, 0.3) is 0 Å². The summed E-state index contributed by atoms with van der Waals surface area (Å²) >= 11 is 0. The highest BCUT2D eigenvalue weighted by atomic mass is 19.3.